The number of rotatable bonds is 3. The first-order valence-electron chi connectivity index (χ1n) is 4.55. The van der Waals surface area contributed by atoms with Crippen molar-refractivity contribution >= 4 is 22.5 Å². The van der Waals surface area contributed by atoms with E-state index in [0.29, 0.717) is 5.15 Å². The molecule has 0 atom stereocenters. The largest absolute Gasteiger partial charge is 0.396 e. The lowest BCUT2D eigenvalue weighted by atomic mass is 10.1. The SMILES string of the molecule is OCCCc1cccc2n[nH]c(Cl)c12. The minimum Gasteiger partial charge on any atom is -0.396 e. The number of fused-ring (bicyclic) bond motifs is 1. The van der Waals surface area contributed by atoms with Crippen molar-refractivity contribution in [2.75, 3.05) is 6.61 Å². The predicted molar refractivity (Wildman–Crippen MR) is 56.5 cm³/mol. The van der Waals surface area contributed by atoms with Gasteiger partial charge in [-0.1, -0.05) is 23.7 Å². The molecule has 0 unspecified atom stereocenters. The Morgan fingerprint density at radius 3 is 3.07 bits per heavy atom. The van der Waals surface area contributed by atoms with Crippen molar-refractivity contribution in [2.24, 2.45) is 0 Å². The van der Waals surface area contributed by atoms with Crippen molar-refractivity contribution in [1.82, 2.24) is 10.2 Å². The zero-order valence-corrected chi connectivity index (χ0v) is 8.38. The number of halogens is 1. The highest BCUT2D eigenvalue weighted by Gasteiger charge is 2.07. The normalized spacial score (nSPS) is 11.0. The van der Waals surface area contributed by atoms with Gasteiger partial charge in [0.2, 0.25) is 0 Å². The van der Waals surface area contributed by atoms with E-state index in [-0.39, 0.29) is 6.61 Å². The average Bonchev–Trinajstić information content (AvgIpc) is 2.58. The third-order valence-electron chi connectivity index (χ3n) is 2.23. The van der Waals surface area contributed by atoms with E-state index in [9.17, 15) is 0 Å². The fraction of sp³-hybridized carbons (Fsp3) is 0.300. The standard InChI is InChI=1S/C10H11ClN2O/c11-10-9-7(4-2-6-14)3-1-5-8(9)12-13-10/h1,3,5,14H,2,4,6H2,(H,12,13). The van der Waals surface area contributed by atoms with Crippen LogP contribution in [0.5, 0.6) is 0 Å². The van der Waals surface area contributed by atoms with Crippen molar-refractivity contribution in [3.8, 4) is 0 Å². The predicted octanol–water partition coefficient (Wildman–Crippen LogP) is 2.14. The third-order valence-corrected chi connectivity index (χ3v) is 2.50. The van der Waals surface area contributed by atoms with Crippen molar-refractivity contribution in [1.29, 1.82) is 0 Å². The molecule has 0 saturated carbocycles. The van der Waals surface area contributed by atoms with E-state index < -0.39 is 0 Å². The van der Waals surface area contributed by atoms with E-state index in [1.807, 2.05) is 18.2 Å². The highest BCUT2D eigenvalue weighted by molar-refractivity contribution is 6.34. The van der Waals surface area contributed by atoms with Crippen LogP contribution in [0.15, 0.2) is 18.2 Å². The molecule has 0 aliphatic carbocycles. The Kier molecular flexibility index (Phi) is 2.70. The zero-order valence-electron chi connectivity index (χ0n) is 7.63. The number of aliphatic hydroxyl groups is 1. The maximum Gasteiger partial charge on any atom is 0.132 e. The zero-order chi connectivity index (χ0) is 9.97. The molecule has 2 N–H and O–H groups in total. The van der Waals surface area contributed by atoms with Gasteiger partial charge in [-0.05, 0) is 24.5 Å². The second-order valence-corrected chi connectivity index (χ2v) is 3.55. The van der Waals surface area contributed by atoms with Crippen LogP contribution in [0, 0.1) is 0 Å². The summed E-state index contributed by atoms with van der Waals surface area (Å²) in [6.07, 6.45) is 1.58. The van der Waals surface area contributed by atoms with E-state index in [1.165, 1.54) is 0 Å². The quantitative estimate of drug-likeness (QED) is 0.816. The van der Waals surface area contributed by atoms with Gasteiger partial charge in [-0.2, -0.15) is 5.10 Å². The molecular formula is C10H11ClN2O. The number of benzene rings is 1. The average molecular weight is 211 g/mol. The Hall–Kier alpha value is -1.06. The maximum atomic E-state index is 8.76. The van der Waals surface area contributed by atoms with Crippen LogP contribution in [0.4, 0.5) is 0 Å². The fourth-order valence-corrected chi connectivity index (χ4v) is 1.84. The number of nitrogens with one attached hydrogen (secondary N) is 1. The first-order valence-corrected chi connectivity index (χ1v) is 4.93. The summed E-state index contributed by atoms with van der Waals surface area (Å²) in [5.74, 6) is 0. The highest BCUT2D eigenvalue weighted by Crippen LogP contribution is 2.24. The Morgan fingerprint density at radius 1 is 1.43 bits per heavy atom. The van der Waals surface area contributed by atoms with Gasteiger partial charge in [0.1, 0.15) is 5.15 Å². The van der Waals surface area contributed by atoms with Gasteiger partial charge in [0.25, 0.3) is 0 Å². The number of hydrogen-bond acceptors (Lipinski definition) is 2. The number of aryl methyl sites for hydroxylation is 1. The Labute approximate surface area is 86.7 Å². The molecule has 0 saturated heterocycles. The first-order chi connectivity index (χ1) is 6.83. The molecule has 1 aromatic heterocycles. The lowest BCUT2D eigenvalue weighted by molar-refractivity contribution is 0.289. The van der Waals surface area contributed by atoms with Crippen molar-refractivity contribution < 1.29 is 5.11 Å². The number of nitrogens with zero attached hydrogens (tertiary/aromatic N) is 1. The molecule has 4 heteroatoms. The summed E-state index contributed by atoms with van der Waals surface area (Å²) >= 11 is 5.98. The summed E-state index contributed by atoms with van der Waals surface area (Å²) in [5, 5.41) is 17.1. The van der Waals surface area contributed by atoms with Gasteiger partial charge >= 0.3 is 0 Å². The molecule has 2 rings (SSSR count). The summed E-state index contributed by atoms with van der Waals surface area (Å²) in [6.45, 7) is 0.200. The van der Waals surface area contributed by atoms with Gasteiger partial charge in [-0.25, -0.2) is 0 Å². The van der Waals surface area contributed by atoms with Crippen LogP contribution in [0.25, 0.3) is 10.9 Å². The van der Waals surface area contributed by atoms with Gasteiger partial charge in [-0.15, -0.1) is 0 Å². The summed E-state index contributed by atoms with van der Waals surface area (Å²) in [5.41, 5.74) is 2.01. The molecule has 1 aromatic carbocycles. The molecular weight excluding hydrogens is 200 g/mol. The van der Waals surface area contributed by atoms with Crippen LogP contribution in [-0.4, -0.2) is 21.9 Å². The van der Waals surface area contributed by atoms with E-state index in [4.69, 9.17) is 16.7 Å². The lowest BCUT2D eigenvalue weighted by Gasteiger charge is -2.00. The molecule has 3 nitrogen and oxygen atoms in total. The number of aromatic nitrogens is 2. The summed E-state index contributed by atoms with van der Waals surface area (Å²) in [7, 11) is 0. The third kappa shape index (κ3) is 1.61. The van der Waals surface area contributed by atoms with Gasteiger partial charge < -0.3 is 5.11 Å². The van der Waals surface area contributed by atoms with Gasteiger partial charge in [0, 0.05) is 12.0 Å². The minimum absolute atomic E-state index is 0.200. The second-order valence-electron chi connectivity index (χ2n) is 3.18. The smallest absolute Gasteiger partial charge is 0.132 e. The monoisotopic (exact) mass is 210 g/mol. The molecule has 0 amide bonds. The number of aliphatic hydroxyl groups excluding tert-OH is 1. The Bertz CT molecular complexity index is 439. The van der Waals surface area contributed by atoms with Gasteiger partial charge in [0.05, 0.1) is 5.52 Å². The molecule has 74 valence electrons. The van der Waals surface area contributed by atoms with Crippen LogP contribution in [-0.2, 0) is 6.42 Å². The maximum absolute atomic E-state index is 8.76. The second kappa shape index (κ2) is 3.98. The van der Waals surface area contributed by atoms with Gasteiger partial charge in [-0.3, -0.25) is 5.10 Å². The van der Waals surface area contributed by atoms with Crippen LogP contribution in [0.1, 0.15) is 12.0 Å². The fourth-order valence-electron chi connectivity index (χ4n) is 1.58. The van der Waals surface area contributed by atoms with Gasteiger partial charge in [0.15, 0.2) is 0 Å². The lowest BCUT2D eigenvalue weighted by Crippen LogP contribution is -1.90. The summed E-state index contributed by atoms with van der Waals surface area (Å²) in [4.78, 5) is 0. The van der Waals surface area contributed by atoms with E-state index in [1.54, 1.807) is 0 Å². The number of aromatic amines is 1. The van der Waals surface area contributed by atoms with Crippen LogP contribution in [0.3, 0.4) is 0 Å². The van der Waals surface area contributed by atoms with E-state index >= 15 is 0 Å². The number of hydrogen-bond donors (Lipinski definition) is 2. The van der Waals surface area contributed by atoms with Crippen molar-refractivity contribution in [3.05, 3.63) is 28.9 Å². The molecule has 0 fully saturated rings. The molecule has 1 heterocycles. The Balaban J connectivity index is 2.46. The van der Waals surface area contributed by atoms with Crippen molar-refractivity contribution in [2.45, 2.75) is 12.8 Å². The molecule has 0 aliphatic heterocycles. The summed E-state index contributed by atoms with van der Waals surface area (Å²) < 4.78 is 0. The van der Waals surface area contributed by atoms with Crippen molar-refractivity contribution in [3.63, 3.8) is 0 Å². The van der Waals surface area contributed by atoms with Crippen LogP contribution >= 0.6 is 11.6 Å². The summed E-state index contributed by atoms with van der Waals surface area (Å²) in [6, 6.07) is 5.88. The van der Waals surface area contributed by atoms with E-state index in [2.05, 4.69) is 10.2 Å². The molecule has 14 heavy (non-hydrogen) atoms. The topological polar surface area (TPSA) is 48.9 Å². The van der Waals surface area contributed by atoms with Crippen LogP contribution < -0.4 is 0 Å². The molecule has 0 radical (unpaired) electrons. The van der Waals surface area contributed by atoms with Crippen LogP contribution in [0.2, 0.25) is 5.15 Å². The minimum atomic E-state index is 0.200. The molecule has 0 aliphatic rings. The molecule has 2 aromatic rings. The number of H-pyrrole nitrogens is 1. The highest BCUT2D eigenvalue weighted by atomic mass is 35.5. The first kappa shape index (κ1) is 9.49. The van der Waals surface area contributed by atoms with E-state index in [0.717, 1.165) is 29.3 Å². The molecule has 0 bridgehead atoms. The Morgan fingerprint density at radius 2 is 2.29 bits per heavy atom. The molecule has 0 spiro atoms.